The summed E-state index contributed by atoms with van der Waals surface area (Å²) in [5.41, 5.74) is 0.970. The first-order valence-electron chi connectivity index (χ1n) is 5.78. The van der Waals surface area contributed by atoms with Crippen LogP contribution < -0.4 is 5.32 Å². The molecule has 1 atom stereocenters. The van der Waals surface area contributed by atoms with Crippen molar-refractivity contribution in [3.05, 3.63) is 38.3 Å². The predicted octanol–water partition coefficient (Wildman–Crippen LogP) is 2.87. The Kier molecular flexibility index (Phi) is 6.24. The molecule has 1 unspecified atom stereocenters. The molecule has 0 fully saturated rings. The van der Waals surface area contributed by atoms with Crippen LogP contribution in [0.5, 0.6) is 0 Å². The summed E-state index contributed by atoms with van der Waals surface area (Å²) in [5, 5.41) is 14.0. The normalized spacial score (nSPS) is 12.4. The molecular weight excluding hydrogens is 300 g/mol. The van der Waals surface area contributed by atoms with E-state index in [9.17, 15) is 10.1 Å². The van der Waals surface area contributed by atoms with Gasteiger partial charge >= 0.3 is 0 Å². The molecule has 18 heavy (non-hydrogen) atoms. The van der Waals surface area contributed by atoms with Crippen LogP contribution in [0.2, 0.25) is 0 Å². The molecule has 0 aromatic heterocycles. The minimum Gasteiger partial charge on any atom is -0.380 e. The van der Waals surface area contributed by atoms with Gasteiger partial charge in [-0.25, -0.2) is 0 Å². The first-order valence-corrected chi connectivity index (χ1v) is 6.57. The highest BCUT2D eigenvalue weighted by atomic mass is 79.9. The van der Waals surface area contributed by atoms with Gasteiger partial charge in [0, 0.05) is 35.8 Å². The molecule has 0 aliphatic rings. The standard InChI is InChI=1S/C12H17BrN2O3/c1-3-18-8-9(2)14-7-10-4-11(13)6-12(5-10)15(16)17/h4-6,9,14H,3,7-8H2,1-2H3. The third kappa shape index (κ3) is 5.12. The molecule has 0 saturated carbocycles. The minimum atomic E-state index is -0.391. The van der Waals surface area contributed by atoms with Crippen LogP contribution in [0.15, 0.2) is 22.7 Å². The molecule has 5 nitrogen and oxygen atoms in total. The van der Waals surface area contributed by atoms with Crippen molar-refractivity contribution in [2.75, 3.05) is 13.2 Å². The van der Waals surface area contributed by atoms with Crippen molar-refractivity contribution >= 4 is 21.6 Å². The van der Waals surface area contributed by atoms with E-state index in [0.29, 0.717) is 24.2 Å². The molecule has 0 bridgehead atoms. The van der Waals surface area contributed by atoms with E-state index >= 15 is 0 Å². The summed E-state index contributed by atoms with van der Waals surface area (Å²) >= 11 is 3.27. The van der Waals surface area contributed by atoms with Crippen LogP contribution in [-0.2, 0) is 11.3 Å². The second-order valence-corrected chi connectivity index (χ2v) is 4.93. The molecule has 1 rings (SSSR count). The van der Waals surface area contributed by atoms with Crippen molar-refractivity contribution in [1.82, 2.24) is 5.32 Å². The lowest BCUT2D eigenvalue weighted by Gasteiger charge is -2.13. The Morgan fingerprint density at radius 2 is 2.22 bits per heavy atom. The van der Waals surface area contributed by atoms with Gasteiger partial charge in [0.2, 0.25) is 0 Å². The highest BCUT2D eigenvalue weighted by molar-refractivity contribution is 9.10. The Morgan fingerprint density at radius 3 is 2.83 bits per heavy atom. The van der Waals surface area contributed by atoms with Crippen LogP contribution in [0, 0.1) is 10.1 Å². The third-order valence-corrected chi connectivity index (χ3v) is 2.84. The lowest BCUT2D eigenvalue weighted by atomic mass is 10.2. The monoisotopic (exact) mass is 316 g/mol. The number of nitro groups is 1. The number of ether oxygens (including phenoxy) is 1. The average Bonchev–Trinajstić information content (AvgIpc) is 2.33. The van der Waals surface area contributed by atoms with Crippen LogP contribution >= 0.6 is 15.9 Å². The van der Waals surface area contributed by atoms with Crippen LogP contribution in [0.3, 0.4) is 0 Å². The van der Waals surface area contributed by atoms with Gasteiger partial charge in [-0.2, -0.15) is 0 Å². The van der Waals surface area contributed by atoms with Gasteiger partial charge in [0.05, 0.1) is 11.5 Å². The maximum absolute atomic E-state index is 10.7. The van der Waals surface area contributed by atoms with Gasteiger partial charge in [-0.15, -0.1) is 0 Å². The summed E-state index contributed by atoms with van der Waals surface area (Å²) in [5.74, 6) is 0. The summed E-state index contributed by atoms with van der Waals surface area (Å²) in [4.78, 5) is 10.3. The lowest BCUT2D eigenvalue weighted by Crippen LogP contribution is -2.30. The van der Waals surface area contributed by atoms with Crippen molar-refractivity contribution < 1.29 is 9.66 Å². The van der Waals surface area contributed by atoms with E-state index in [2.05, 4.69) is 21.2 Å². The molecule has 0 spiro atoms. The zero-order valence-electron chi connectivity index (χ0n) is 10.5. The predicted molar refractivity (Wildman–Crippen MR) is 73.6 cm³/mol. The largest absolute Gasteiger partial charge is 0.380 e. The Labute approximate surface area is 115 Å². The van der Waals surface area contributed by atoms with E-state index in [-0.39, 0.29) is 11.7 Å². The summed E-state index contributed by atoms with van der Waals surface area (Å²) in [6.07, 6.45) is 0. The van der Waals surface area contributed by atoms with E-state index in [1.807, 2.05) is 19.9 Å². The fraction of sp³-hybridized carbons (Fsp3) is 0.500. The summed E-state index contributed by atoms with van der Waals surface area (Å²) < 4.78 is 6.00. The number of hydrogen-bond acceptors (Lipinski definition) is 4. The molecule has 0 heterocycles. The van der Waals surface area contributed by atoms with Crippen molar-refractivity contribution in [2.45, 2.75) is 26.4 Å². The maximum Gasteiger partial charge on any atom is 0.270 e. The van der Waals surface area contributed by atoms with E-state index in [1.165, 1.54) is 6.07 Å². The number of benzene rings is 1. The Morgan fingerprint density at radius 1 is 1.50 bits per heavy atom. The van der Waals surface area contributed by atoms with Gasteiger partial charge in [-0.05, 0) is 25.5 Å². The molecule has 100 valence electrons. The number of rotatable bonds is 7. The minimum absolute atomic E-state index is 0.0960. The number of nitro benzene ring substituents is 1. The zero-order valence-corrected chi connectivity index (χ0v) is 12.1. The Balaban J connectivity index is 2.59. The number of hydrogen-bond donors (Lipinski definition) is 1. The van der Waals surface area contributed by atoms with E-state index in [1.54, 1.807) is 6.07 Å². The molecule has 1 N–H and O–H groups in total. The number of non-ortho nitro benzene ring substituents is 1. The van der Waals surface area contributed by atoms with Crippen LogP contribution in [0.1, 0.15) is 19.4 Å². The van der Waals surface area contributed by atoms with Gasteiger partial charge in [-0.1, -0.05) is 15.9 Å². The summed E-state index contributed by atoms with van der Waals surface area (Å²) in [6, 6.07) is 5.15. The molecule has 1 aromatic carbocycles. The number of nitrogens with zero attached hydrogens (tertiary/aromatic N) is 1. The van der Waals surface area contributed by atoms with Crippen LogP contribution in [0.25, 0.3) is 0 Å². The molecule has 0 radical (unpaired) electrons. The summed E-state index contributed by atoms with van der Waals surface area (Å²) in [7, 11) is 0. The van der Waals surface area contributed by atoms with E-state index in [0.717, 1.165) is 5.56 Å². The average molecular weight is 317 g/mol. The van der Waals surface area contributed by atoms with Gasteiger partial charge < -0.3 is 10.1 Å². The van der Waals surface area contributed by atoms with Gasteiger partial charge in [0.1, 0.15) is 0 Å². The number of nitrogens with one attached hydrogen (secondary N) is 1. The topological polar surface area (TPSA) is 64.4 Å². The van der Waals surface area contributed by atoms with E-state index in [4.69, 9.17) is 4.74 Å². The second-order valence-electron chi connectivity index (χ2n) is 4.02. The van der Waals surface area contributed by atoms with Crippen molar-refractivity contribution in [1.29, 1.82) is 0 Å². The van der Waals surface area contributed by atoms with E-state index < -0.39 is 4.92 Å². The SMILES string of the molecule is CCOCC(C)NCc1cc(Br)cc([N+](=O)[O-])c1. The highest BCUT2D eigenvalue weighted by Crippen LogP contribution is 2.21. The Bertz CT molecular complexity index is 412. The lowest BCUT2D eigenvalue weighted by molar-refractivity contribution is -0.385. The van der Waals surface area contributed by atoms with Crippen LogP contribution in [0.4, 0.5) is 5.69 Å². The molecule has 0 saturated heterocycles. The summed E-state index contributed by atoms with van der Waals surface area (Å²) in [6.45, 7) is 5.86. The quantitative estimate of drug-likeness (QED) is 0.620. The van der Waals surface area contributed by atoms with Gasteiger partial charge in [0.25, 0.3) is 5.69 Å². The van der Waals surface area contributed by atoms with Crippen molar-refractivity contribution in [2.24, 2.45) is 0 Å². The third-order valence-electron chi connectivity index (χ3n) is 2.38. The molecule has 1 aromatic rings. The Hall–Kier alpha value is -0.980. The number of halogens is 1. The smallest absolute Gasteiger partial charge is 0.270 e. The van der Waals surface area contributed by atoms with Crippen molar-refractivity contribution in [3.8, 4) is 0 Å². The first-order chi connectivity index (χ1) is 8.52. The second kappa shape index (κ2) is 7.45. The van der Waals surface area contributed by atoms with Gasteiger partial charge in [0.15, 0.2) is 0 Å². The van der Waals surface area contributed by atoms with Crippen LogP contribution in [-0.4, -0.2) is 24.2 Å². The molecular formula is C12H17BrN2O3. The van der Waals surface area contributed by atoms with Crippen molar-refractivity contribution in [3.63, 3.8) is 0 Å². The molecule has 0 aliphatic heterocycles. The molecule has 0 amide bonds. The first kappa shape index (κ1) is 15.1. The maximum atomic E-state index is 10.7. The highest BCUT2D eigenvalue weighted by Gasteiger charge is 2.09. The molecule has 6 heteroatoms. The fourth-order valence-corrected chi connectivity index (χ4v) is 2.02. The molecule has 0 aliphatic carbocycles. The zero-order chi connectivity index (χ0) is 13.5. The fourth-order valence-electron chi connectivity index (χ4n) is 1.49. The van der Waals surface area contributed by atoms with Gasteiger partial charge in [-0.3, -0.25) is 10.1 Å².